The van der Waals surface area contributed by atoms with Crippen molar-refractivity contribution in [3.05, 3.63) is 29.8 Å². The van der Waals surface area contributed by atoms with Crippen molar-refractivity contribution in [3.8, 4) is 0 Å². The van der Waals surface area contributed by atoms with Crippen LogP contribution in [0, 0.1) is 5.92 Å². The Morgan fingerprint density at radius 2 is 2.14 bits per heavy atom. The maximum absolute atomic E-state index is 12.5. The molecule has 1 atom stereocenters. The lowest BCUT2D eigenvalue weighted by atomic mass is 10.1. The van der Waals surface area contributed by atoms with Crippen LogP contribution >= 0.6 is 0 Å². The maximum atomic E-state index is 12.5. The third kappa shape index (κ3) is 4.55. The van der Waals surface area contributed by atoms with Gasteiger partial charge in [-0.05, 0) is 50.3 Å². The monoisotopic (exact) mass is 289 g/mol. The number of rotatable bonds is 8. The third-order valence-electron chi connectivity index (χ3n) is 4.12. The fourth-order valence-corrected chi connectivity index (χ4v) is 2.59. The first-order chi connectivity index (χ1) is 10.2. The van der Waals surface area contributed by atoms with E-state index in [1.165, 1.54) is 12.8 Å². The van der Waals surface area contributed by atoms with Gasteiger partial charge in [-0.2, -0.15) is 0 Å². The number of hydrogen-bond acceptors (Lipinski definition) is 3. The van der Waals surface area contributed by atoms with Crippen molar-refractivity contribution in [1.82, 2.24) is 4.90 Å². The van der Waals surface area contributed by atoms with E-state index in [1.54, 1.807) is 0 Å². The van der Waals surface area contributed by atoms with Crippen molar-refractivity contribution < 1.29 is 4.79 Å². The highest BCUT2D eigenvalue weighted by molar-refractivity contribution is 5.95. The van der Waals surface area contributed by atoms with Crippen LogP contribution in [0.25, 0.3) is 0 Å². The van der Waals surface area contributed by atoms with Crippen LogP contribution < -0.4 is 11.1 Å². The fourth-order valence-electron chi connectivity index (χ4n) is 2.59. The Morgan fingerprint density at radius 3 is 2.76 bits per heavy atom. The van der Waals surface area contributed by atoms with Crippen molar-refractivity contribution in [3.63, 3.8) is 0 Å². The van der Waals surface area contributed by atoms with Crippen molar-refractivity contribution in [2.45, 2.75) is 45.7 Å². The molecule has 21 heavy (non-hydrogen) atoms. The van der Waals surface area contributed by atoms with Gasteiger partial charge >= 0.3 is 0 Å². The van der Waals surface area contributed by atoms with E-state index in [1.807, 2.05) is 31.2 Å². The molecule has 1 amide bonds. The number of anilines is 1. The Balaban J connectivity index is 1.99. The van der Waals surface area contributed by atoms with E-state index < -0.39 is 0 Å². The van der Waals surface area contributed by atoms with Crippen LogP contribution in [0.5, 0.6) is 0 Å². The van der Waals surface area contributed by atoms with E-state index in [2.05, 4.69) is 17.1 Å². The molecule has 1 aliphatic carbocycles. The Labute approximate surface area is 127 Å². The minimum atomic E-state index is -0.101. The van der Waals surface area contributed by atoms with Gasteiger partial charge in [-0.1, -0.05) is 25.1 Å². The van der Waals surface area contributed by atoms with Crippen LogP contribution in [0.4, 0.5) is 5.69 Å². The predicted molar refractivity (Wildman–Crippen MR) is 87.0 cm³/mol. The van der Waals surface area contributed by atoms with E-state index in [9.17, 15) is 4.79 Å². The lowest BCUT2D eigenvalue weighted by Crippen LogP contribution is -2.43. The van der Waals surface area contributed by atoms with Gasteiger partial charge in [0.05, 0.1) is 6.04 Å². The Morgan fingerprint density at radius 1 is 1.43 bits per heavy atom. The zero-order chi connectivity index (χ0) is 15.2. The zero-order valence-electron chi connectivity index (χ0n) is 13.1. The first kappa shape index (κ1) is 16.0. The second kappa shape index (κ2) is 7.57. The molecule has 2 rings (SSSR count). The summed E-state index contributed by atoms with van der Waals surface area (Å²) in [6, 6.07) is 7.63. The summed E-state index contributed by atoms with van der Waals surface area (Å²) in [5, 5.41) is 3.03. The quantitative estimate of drug-likeness (QED) is 0.773. The number of nitrogens with two attached hydrogens (primary N) is 1. The van der Waals surface area contributed by atoms with Gasteiger partial charge in [0, 0.05) is 18.8 Å². The molecule has 0 heterocycles. The number of nitrogens with zero attached hydrogens (tertiary/aromatic N) is 1. The summed E-state index contributed by atoms with van der Waals surface area (Å²) in [6.07, 6.45) is 3.69. The molecule has 0 bridgehead atoms. The van der Waals surface area contributed by atoms with E-state index in [0.29, 0.717) is 6.54 Å². The highest BCUT2D eigenvalue weighted by Gasteiger charge is 2.28. The second-order valence-corrected chi connectivity index (χ2v) is 5.96. The van der Waals surface area contributed by atoms with Gasteiger partial charge in [-0.3, -0.25) is 9.69 Å². The largest absolute Gasteiger partial charge is 0.326 e. The van der Waals surface area contributed by atoms with Crippen molar-refractivity contribution in [2.24, 2.45) is 11.7 Å². The molecule has 1 aromatic carbocycles. The summed E-state index contributed by atoms with van der Waals surface area (Å²) in [7, 11) is 0. The van der Waals surface area contributed by atoms with E-state index >= 15 is 0 Å². The number of nitrogens with one attached hydrogen (secondary N) is 1. The number of carbonyl (C=O) groups is 1. The fraction of sp³-hybridized carbons (Fsp3) is 0.588. The molecule has 1 saturated carbocycles. The molecule has 116 valence electrons. The Bertz CT molecular complexity index is 471. The smallest absolute Gasteiger partial charge is 0.241 e. The summed E-state index contributed by atoms with van der Waals surface area (Å²) < 4.78 is 0. The van der Waals surface area contributed by atoms with Gasteiger partial charge in [0.25, 0.3) is 0 Å². The van der Waals surface area contributed by atoms with Gasteiger partial charge in [0.15, 0.2) is 0 Å². The van der Waals surface area contributed by atoms with Gasteiger partial charge in [-0.15, -0.1) is 0 Å². The molecule has 1 aromatic rings. The Hall–Kier alpha value is -1.39. The van der Waals surface area contributed by atoms with Crippen molar-refractivity contribution in [2.75, 3.05) is 18.4 Å². The van der Waals surface area contributed by atoms with Gasteiger partial charge in [0.2, 0.25) is 5.91 Å². The molecule has 0 saturated heterocycles. The third-order valence-corrected chi connectivity index (χ3v) is 4.12. The molecule has 1 aliphatic rings. The molecule has 0 aromatic heterocycles. The normalized spacial score (nSPS) is 16.0. The number of benzene rings is 1. The van der Waals surface area contributed by atoms with Gasteiger partial charge < -0.3 is 11.1 Å². The van der Waals surface area contributed by atoms with Crippen LogP contribution in [0.15, 0.2) is 24.3 Å². The van der Waals surface area contributed by atoms with E-state index in [-0.39, 0.29) is 11.9 Å². The lowest BCUT2D eigenvalue weighted by Gasteiger charge is -2.28. The molecule has 1 fully saturated rings. The average Bonchev–Trinajstić information content (AvgIpc) is 3.30. The van der Waals surface area contributed by atoms with Crippen LogP contribution in [-0.4, -0.2) is 29.9 Å². The molecule has 0 aliphatic heterocycles. The first-order valence-corrected chi connectivity index (χ1v) is 7.98. The average molecular weight is 289 g/mol. The summed E-state index contributed by atoms with van der Waals surface area (Å²) in [6.45, 7) is 6.61. The standard InChI is InChI=1S/C17H27N3O/c1-3-10-20(12-14-8-9-14)13(2)17(21)19-16-7-5-4-6-15(16)11-18/h4-7,13-14H,3,8-12,18H2,1-2H3,(H,19,21). The van der Waals surface area contributed by atoms with Gasteiger partial charge in [0.1, 0.15) is 0 Å². The molecule has 0 radical (unpaired) electrons. The number of amides is 1. The predicted octanol–water partition coefficient (Wildman–Crippen LogP) is 2.59. The maximum Gasteiger partial charge on any atom is 0.241 e. The summed E-state index contributed by atoms with van der Waals surface area (Å²) in [5.74, 6) is 0.855. The zero-order valence-corrected chi connectivity index (χ0v) is 13.1. The van der Waals surface area contributed by atoms with Crippen molar-refractivity contribution >= 4 is 11.6 Å². The van der Waals surface area contributed by atoms with Crippen LogP contribution in [0.3, 0.4) is 0 Å². The molecule has 3 N–H and O–H groups in total. The molecule has 4 heteroatoms. The first-order valence-electron chi connectivity index (χ1n) is 7.98. The lowest BCUT2D eigenvalue weighted by molar-refractivity contribution is -0.120. The van der Waals surface area contributed by atoms with E-state index in [4.69, 9.17) is 5.73 Å². The SMILES string of the molecule is CCCN(CC1CC1)C(C)C(=O)Nc1ccccc1CN. The Kier molecular flexibility index (Phi) is 5.76. The summed E-state index contributed by atoms with van der Waals surface area (Å²) in [4.78, 5) is 14.8. The minimum Gasteiger partial charge on any atom is -0.326 e. The highest BCUT2D eigenvalue weighted by Crippen LogP contribution is 2.30. The van der Waals surface area contributed by atoms with Crippen LogP contribution in [0.2, 0.25) is 0 Å². The van der Waals surface area contributed by atoms with Crippen LogP contribution in [-0.2, 0) is 11.3 Å². The minimum absolute atomic E-state index is 0.0602. The summed E-state index contributed by atoms with van der Waals surface area (Å²) >= 11 is 0. The van der Waals surface area contributed by atoms with Crippen molar-refractivity contribution in [1.29, 1.82) is 0 Å². The topological polar surface area (TPSA) is 58.4 Å². The number of carbonyl (C=O) groups excluding carboxylic acids is 1. The molecular weight excluding hydrogens is 262 g/mol. The molecule has 0 spiro atoms. The van der Waals surface area contributed by atoms with Gasteiger partial charge in [-0.25, -0.2) is 0 Å². The molecule has 1 unspecified atom stereocenters. The van der Waals surface area contributed by atoms with Crippen LogP contribution in [0.1, 0.15) is 38.7 Å². The highest BCUT2D eigenvalue weighted by atomic mass is 16.2. The molecular formula is C17H27N3O. The second-order valence-electron chi connectivity index (χ2n) is 5.96. The van der Waals surface area contributed by atoms with E-state index in [0.717, 1.165) is 36.7 Å². The number of para-hydroxylation sites is 1. The number of hydrogen-bond donors (Lipinski definition) is 2. The summed E-state index contributed by atoms with van der Waals surface area (Å²) in [5.41, 5.74) is 7.53. The molecule has 4 nitrogen and oxygen atoms in total.